The number of allylic oxidation sites excluding steroid dienone is 1. The van der Waals surface area contributed by atoms with Gasteiger partial charge in [-0.3, -0.25) is 19.3 Å². The molecule has 2 aliphatic heterocycles. The van der Waals surface area contributed by atoms with Crippen LogP contribution in [-0.2, 0) is 19.1 Å². The van der Waals surface area contributed by atoms with Crippen molar-refractivity contribution in [1.29, 1.82) is 0 Å². The molecule has 1 fully saturated rings. The Morgan fingerprint density at radius 1 is 1.46 bits per heavy atom. The third-order valence-electron chi connectivity index (χ3n) is 4.51. The zero-order valence-corrected chi connectivity index (χ0v) is 15.9. The smallest absolute Gasteiger partial charge is 0.236 e. The molecule has 134 valence electrons. The topological polar surface area (TPSA) is 63.7 Å². The van der Waals surface area contributed by atoms with E-state index < -0.39 is 41.8 Å². The highest BCUT2D eigenvalue weighted by atomic mass is 127. The second kappa shape index (κ2) is 6.78. The van der Waals surface area contributed by atoms with Crippen molar-refractivity contribution in [3.05, 3.63) is 12.3 Å². The van der Waals surface area contributed by atoms with E-state index >= 15 is 8.78 Å². The number of halogens is 3. The maximum atomic E-state index is 15.5. The molecule has 0 spiro atoms. The first-order chi connectivity index (χ1) is 11.0. The number of alkyl halides is 3. The van der Waals surface area contributed by atoms with Gasteiger partial charge >= 0.3 is 0 Å². The van der Waals surface area contributed by atoms with Crippen LogP contribution >= 0.6 is 22.6 Å². The standard InChI is InChI=1S/C16H20F2INO4/c1-9(2)11(22)7-12-15(3,17)14(24-16(12,18)8-19)20-5-4-10(21)6-13(20)23/h4-5,9,12,14H,6-8H2,1-3H3/t12-,14+,15+,16+/m0/s1. The van der Waals surface area contributed by atoms with E-state index in [1.807, 2.05) is 0 Å². The maximum absolute atomic E-state index is 15.5. The molecule has 0 N–H and O–H groups in total. The number of nitrogens with zero attached hydrogens (tertiary/aromatic N) is 1. The Morgan fingerprint density at radius 2 is 2.08 bits per heavy atom. The molecule has 2 heterocycles. The predicted molar refractivity (Wildman–Crippen MR) is 90.7 cm³/mol. The van der Waals surface area contributed by atoms with E-state index in [2.05, 4.69) is 0 Å². The molecule has 0 aromatic carbocycles. The SMILES string of the molecule is CC(C)C(=O)C[C@H]1[C@@](C)(F)[C@H](N2C=CC(=O)CC2=O)O[C@]1(F)CI. The number of Topliss-reactive ketones (excluding diaryl/α,β-unsaturated/α-hetero) is 1. The first-order valence-corrected chi connectivity index (χ1v) is 9.22. The minimum Gasteiger partial charge on any atom is -0.317 e. The molecular weight excluding hydrogens is 435 g/mol. The van der Waals surface area contributed by atoms with Crippen LogP contribution in [0.2, 0.25) is 0 Å². The second-order valence-corrected chi connectivity index (χ2v) is 7.44. The summed E-state index contributed by atoms with van der Waals surface area (Å²) in [5.74, 6) is -5.37. The third-order valence-corrected chi connectivity index (χ3v) is 5.55. The average Bonchev–Trinajstić information content (AvgIpc) is 2.68. The van der Waals surface area contributed by atoms with Crippen LogP contribution in [0, 0.1) is 11.8 Å². The van der Waals surface area contributed by atoms with Gasteiger partial charge in [-0.25, -0.2) is 8.78 Å². The lowest BCUT2D eigenvalue weighted by Crippen LogP contribution is -2.50. The molecule has 0 aliphatic carbocycles. The van der Waals surface area contributed by atoms with Gasteiger partial charge in [0.1, 0.15) is 5.78 Å². The lowest BCUT2D eigenvalue weighted by Gasteiger charge is -2.33. The number of ketones is 2. The fourth-order valence-electron chi connectivity index (χ4n) is 2.97. The highest BCUT2D eigenvalue weighted by Crippen LogP contribution is 2.51. The lowest BCUT2D eigenvalue weighted by molar-refractivity contribution is -0.178. The van der Waals surface area contributed by atoms with E-state index in [4.69, 9.17) is 4.74 Å². The molecule has 0 bridgehead atoms. The van der Waals surface area contributed by atoms with Gasteiger partial charge in [-0.1, -0.05) is 36.4 Å². The van der Waals surface area contributed by atoms with Crippen molar-refractivity contribution in [2.45, 2.75) is 51.4 Å². The van der Waals surface area contributed by atoms with Crippen LogP contribution in [0.25, 0.3) is 0 Å². The molecular formula is C16H20F2INO4. The Morgan fingerprint density at radius 3 is 2.58 bits per heavy atom. The molecule has 5 nitrogen and oxygen atoms in total. The molecule has 0 aromatic rings. The van der Waals surface area contributed by atoms with Crippen molar-refractivity contribution in [1.82, 2.24) is 4.90 Å². The summed E-state index contributed by atoms with van der Waals surface area (Å²) in [6, 6.07) is 0. The van der Waals surface area contributed by atoms with Gasteiger partial charge in [-0.15, -0.1) is 0 Å². The molecule has 4 atom stereocenters. The molecule has 2 aliphatic rings. The summed E-state index contributed by atoms with van der Waals surface area (Å²) in [5.41, 5.74) is -2.27. The van der Waals surface area contributed by atoms with E-state index in [0.29, 0.717) is 0 Å². The van der Waals surface area contributed by atoms with E-state index in [0.717, 1.165) is 24.1 Å². The molecule has 0 aromatic heterocycles. The number of carbonyl (C=O) groups excluding carboxylic acids is 3. The zero-order valence-electron chi connectivity index (χ0n) is 13.7. The van der Waals surface area contributed by atoms with Crippen molar-refractivity contribution in [3.8, 4) is 0 Å². The summed E-state index contributed by atoms with van der Waals surface area (Å²) in [5, 5.41) is 0. The molecule has 24 heavy (non-hydrogen) atoms. The fourth-order valence-corrected chi connectivity index (χ4v) is 3.68. The van der Waals surface area contributed by atoms with Gasteiger partial charge in [0.15, 0.2) is 17.7 Å². The number of rotatable bonds is 5. The van der Waals surface area contributed by atoms with Gasteiger partial charge in [-0.2, -0.15) is 0 Å². The summed E-state index contributed by atoms with van der Waals surface area (Å²) in [4.78, 5) is 36.3. The second-order valence-electron chi connectivity index (χ2n) is 6.68. The Hall–Kier alpha value is -0.900. The predicted octanol–water partition coefficient (Wildman–Crippen LogP) is 2.72. The summed E-state index contributed by atoms with van der Waals surface area (Å²) >= 11 is 1.74. The van der Waals surface area contributed by atoms with Crippen LogP contribution < -0.4 is 0 Å². The molecule has 0 radical (unpaired) electrons. The Balaban J connectivity index is 2.36. The van der Waals surface area contributed by atoms with Crippen LogP contribution in [0.3, 0.4) is 0 Å². The van der Waals surface area contributed by atoms with Crippen molar-refractivity contribution in [2.24, 2.45) is 11.8 Å². The monoisotopic (exact) mass is 455 g/mol. The summed E-state index contributed by atoms with van der Waals surface area (Å²) < 4.78 is 35.8. The lowest BCUT2D eigenvalue weighted by atomic mass is 9.81. The maximum Gasteiger partial charge on any atom is 0.236 e. The van der Waals surface area contributed by atoms with E-state index in [-0.39, 0.29) is 22.5 Å². The quantitative estimate of drug-likeness (QED) is 0.364. The van der Waals surface area contributed by atoms with E-state index in [1.54, 1.807) is 36.4 Å². The molecule has 2 rings (SSSR count). The Labute approximate surface area is 152 Å². The molecule has 8 heteroatoms. The minimum atomic E-state index is -2.37. The molecule has 1 saturated heterocycles. The Bertz CT molecular complexity index is 593. The van der Waals surface area contributed by atoms with Crippen LogP contribution in [-0.4, -0.2) is 44.6 Å². The van der Waals surface area contributed by atoms with Gasteiger partial charge in [0.05, 0.1) is 16.8 Å². The largest absolute Gasteiger partial charge is 0.317 e. The number of hydrogen-bond acceptors (Lipinski definition) is 4. The number of ether oxygens (including phenoxy) is 1. The Kier molecular flexibility index (Phi) is 5.49. The van der Waals surface area contributed by atoms with E-state index in [9.17, 15) is 14.4 Å². The van der Waals surface area contributed by atoms with Crippen LogP contribution in [0.1, 0.15) is 33.6 Å². The van der Waals surface area contributed by atoms with Gasteiger partial charge < -0.3 is 4.74 Å². The van der Waals surface area contributed by atoms with Crippen molar-refractivity contribution in [3.63, 3.8) is 0 Å². The average molecular weight is 455 g/mol. The summed E-state index contributed by atoms with van der Waals surface area (Å²) in [6.07, 6.45) is 0.0182. The number of amides is 1. The van der Waals surface area contributed by atoms with Crippen LogP contribution in [0.15, 0.2) is 12.3 Å². The molecule has 0 saturated carbocycles. The first kappa shape index (κ1) is 19.4. The van der Waals surface area contributed by atoms with Gasteiger partial charge in [0.25, 0.3) is 0 Å². The normalized spacial score (nSPS) is 36.7. The number of hydrogen-bond donors (Lipinski definition) is 0. The van der Waals surface area contributed by atoms with Crippen LogP contribution in [0.4, 0.5) is 8.78 Å². The van der Waals surface area contributed by atoms with Crippen LogP contribution in [0.5, 0.6) is 0 Å². The van der Waals surface area contributed by atoms with Gasteiger partial charge in [0, 0.05) is 18.5 Å². The minimum absolute atomic E-state index is 0.179. The van der Waals surface area contributed by atoms with Gasteiger partial charge in [0.2, 0.25) is 11.8 Å². The zero-order chi connectivity index (χ0) is 18.3. The highest BCUT2D eigenvalue weighted by Gasteiger charge is 2.65. The van der Waals surface area contributed by atoms with Crippen molar-refractivity contribution in [2.75, 3.05) is 4.43 Å². The third kappa shape index (κ3) is 3.40. The van der Waals surface area contributed by atoms with Gasteiger partial charge in [-0.05, 0) is 13.0 Å². The molecule has 0 unspecified atom stereocenters. The fraction of sp³-hybridized carbons (Fsp3) is 0.688. The molecule has 1 amide bonds. The highest BCUT2D eigenvalue weighted by molar-refractivity contribution is 14.1. The number of carbonyl (C=O) groups is 3. The van der Waals surface area contributed by atoms with Crippen molar-refractivity contribution >= 4 is 40.1 Å². The summed E-state index contributed by atoms with van der Waals surface area (Å²) in [7, 11) is 0. The van der Waals surface area contributed by atoms with Crippen molar-refractivity contribution < 1.29 is 27.9 Å². The summed E-state index contributed by atoms with van der Waals surface area (Å²) in [6.45, 7) is 4.47. The van der Waals surface area contributed by atoms with E-state index in [1.165, 1.54) is 0 Å². The first-order valence-electron chi connectivity index (χ1n) is 7.69.